The van der Waals surface area contributed by atoms with Gasteiger partial charge in [0.15, 0.2) is 0 Å². The summed E-state index contributed by atoms with van der Waals surface area (Å²) >= 11 is 6.41. The molecule has 1 rings (SSSR count). The SMILES string of the molecule is CCc1nn(CC)c(CC(CC)CNC)c1Cl. The van der Waals surface area contributed by atoms with Gasteiger partial charge in [-0.15, -0.1) is 0 Å². The Labute approximate surface area is 110 Å². The summed E-state index contributed by atoms with van der Waals surface area (Å²) < 4.78 is 2.06. The average molecular weight is 258 g/mol. The normalized spacial score (nSPS) is 13.0. The van der Waals surface area contributed by atoms with Crippen molar-refractivity contribution in [3.8, 4) is 0 Å². The third kappa shape index (κ3) is 3.46. The fourth-order valence-corrected chi connectivity index (χ4v) is 2.48. The molecular weight excluding hydrogens is 234 g/mol. The van der Waals surface area contributed by atoms with Gasteiger partial charge in [0.2, 0.25) is 0 Å². The summed E-state index contributed by atoms with van der Waals surface area (Å²) in [6.45, 7) is 8.37. The first kappa shape index (κ1) is 14.5. The standard InChI is InChI=1S/C13H24ClN3/c1-5-10(9-15-4)8-12-13(14)11(6-2)16-17(12)7-3/h10,15H,5-9H2,1-4H3. The van der Waals surface area contributed by atoms with Gasteiger partial charge in [0, 0.05) is 6.54 Å². The highest BCUT2D eigenvalue weighted by Gasteiger charge is 2.17. The first-order valence-electron chi connectivity index (χ1n) is 6.56. The number of hydrogen-bond acceptors (Lipinski definition) is 2. The molecule has 1 aromatic rings. The first-order chi connectivity index (χ1) is 8.17. The largest absolute Gasteiger partial charge is 0.319 e. The van der Waals surface area contributed by atoms with E-state index in [2.05, 4.69) is 35.9 Å². The monoisotopic (exact) mass is 257 g/mol. The maximum atomic E-state index is 6.41. The molecule has 98 valence electrons. The number of hydrogen-bond donors (Lipinski definition) is 1. The van der Waals surface area contributed by atoms with E-state index in [1.165, 1.54) is 5.69 Å². The van der Waals surface area contributed by atoms with Crippen LogP contribution in [0.1, 0.15) is 38.6 Å². The van der Waals surface area contributed by atoms with E-state index in [9.17, 15) is 0 Å². The molecule has 1 atom stereocenters. The van der Waals surface area contributed by atoms with Crippen LogP contribution in [0.2, 0.25) is 5.02 Å². The van der Waals surface area contributed by atoms with Crippen LogP contribution in [0, 0.1) is 5.92 Å². The van der Waals surface area contributed by atoms with Gasteiger partial charge < -0.3 is 5.32 Å². The van der Waals surface area contributed by atoms with Crippen LogP contribution in [0.25, 0.3) is 0 Å². The van der Waals surface area contributed by atoms with Crippen molar-refractivity contribution in [3.63, 3.8) is 0 Å². The van der Waals surface area contributed by atoms with E-state index in [1.54, 1.807) is 0 Å². The van der Waals surface area contributed by atoms with Crippen molar-refractivity contribution in [2.24, 2.45) is 5.92 Å². The summed E-state index contributed by atoms with van der Waals surface area (Å²) in [6.07, 6.45) is 3.08. The lowest BCUT2D eigenvalue weighted by Gasteiger charge is -2.15. The highest BCUT2D eigenvalue weighted by molar-refractivity contribution is 6.31. The van der Waals surface area contributed by atoms with Crippen molar-refractivity contribution in [1.82, 2.24) is 15.1 Å². The van der Waals surface area contributed by atoms with E-state index in [-0.39, 0.29) is 0 Å². The number of aryl methyl sites for hydroxylation is 2. The third-order valence-electron chi connectivity index (χ3n) is 3.25. The molecule has 0 aromatic carbocycles. The predicted octanol–water partition coefficient (Wildman–Crippen LogP) is 2.91. The number of aromatic nitrogens is 2. The molecule has 1 aromatic heterocycles. The van der Waals surface area contributed by atoms with Crippen LogP contribution in [0.3, 0.4) is 0 Å². The van der Waals surface area contributed by atoms with Gasteiger partial charge in [-0.05, 0) is 39.3 Å². The zero-order chi connectivity index (χ0) is 12.8. The van der Waals surface area contributed by atoms with E-state index in [1.807, 2.05) is 7.05 Å². The van der Waals surface area contributed by atoms with Crippen LogP contribution in [-0.4, -0.2) is 23.4 Å². The molecule has 0 fully saturated rings. The van der Waals surface area contributed by atoms with Gasteiger partial charge in [0.1, 0.15) is 0 Å². The first-order valence-corrected chi connectivity index (χ1v) is 6.94. The Morgan fingerprint density at radius 3 is 2.53 bits per heavy atom. The van der Waals surface area contributed by atoms with Crippen molar-refractivity contribution in [2.45, 2.75) is 46.6 Å². The Morgan fingerprint density at radius 2 is 2.06 bits per heavy atom. The molecule has 1 heterocycles. The van der Waals surface area contributed by atoms with Crippen molar-refractivity contribution in [3.05, 3.63) is 16.4 Å². The lowest BCUT2D eigenvalue weighted by atomic mass is 10.00. The van der Waals surface area contributed by atoms with E-state index in [0.717, 1.165) is 43.1 Å². The molecule has 3 nitrogen and oxygen atoms in total. The summed E-state index contributed by atoms with van der Waals surface area (Å²) in [5.74, 6) is 0.629. The van der Waals surface area contributed by atoms with E-state index >= 15 is 0 Å². The van der Waals surface area contributed by atoms with Gasteiger partial charge in [-0.3, -0.25) is 4.68 Å². The van der Waals surface area contributed by atoms with Crippen LogP contribution in [0.5, 0.6) is 0 Å². The number of rotatable bonds is 7. The molecule has 0 bridgehead atoms. The van der Waals surface area contributed by atoms with E-state index in [0.29, 0.717) is 5.92 Å². The van der Waals surface area contributed by atoms with Gasteiger partial charge >= 0.3 is 0 Å². The summed E-state index contributed by atoms with van der Waals surface area (Å²) in [4.78, 5) is 0. The van der Waals surface area contributed by atoms with Crippen LogP contribution in [0.15, 0.2) is 0 Å². The van der Waals surface area contributed by atoms with Gasteiger partial charge in [-0.2, -0.15) is 5.10 Å². The maximum Gasteiger partial charge on any atom is 0.0849 e. The minimum absolute atomic E-state index is 0.629. The Bertz CT molecular complexity index is 347. The molecule has 0 radical (unpaired) electrons. The Balaban J connectivity index is 2.91. The highest BCUT2D eigenvalue weighted by atomic mass is 35.5. The predicted molar refractivity (Wildman–Crippen MR) is 73.7 cm³/mol. The second-order valence-electron chi connectivity index (χ2n) is 4.41. The van der Waals surface area contributed by atoms with E-state index < -0.39 is 0 Å². The molecule has 0 amide bonds. The second kappa shape index (κ2) is 7.02. The van der Waals surface area contributed by atoms with Gasteiger partial charge in [0.25, 0.3) is 0 Å². The molecule has 0 saturated heterocycles. The number of halogens is 1. The van der Waals surface area contributed by atoms with Crippen LogP contribution in [-0.2, 0) is 19.4 Å². The molecule has 0 aliphatic rings. The smallest absolute Gasteiger partial charge is 0.0849 e. The van der Waals surface area contributed by atoms with Crippen LogP contribution >= 0.6 is 11.6 Å². The van der Waals surface area contributed by atoms with Crippen LogP contribution < -0.4 is 5.32 Å². The molecular formula is C13H24ClN3. The zero-order valence-electron chi connectivity index (χ0n) is 11.4. The van der Waals surface area contributed by atoms with Gasteiger partial charge in [-0.1, -0.05) is 31.9 Å². The minimum atomic E-state index is 0.629. The van der Waals surface area contributed by atoms with Crippen LogP contribution in [0.4, 0.5) is 0 Å². The summed E-state index contributed by atoms with van der Waals surface area (Å²) in [5.41, 5.74) is 2.23. The average Bonchev–Trinajstić information content (AvgIpc) is 2.65. The summed E-state index contributed by atoms with van der Waals surface area (Å²) in [6, 6.07) is 0. The van der Waals surface area contributed by atoms with Crippen molar-refractivity contribution in [1.29, 1.82) is 0 Å². The molecule has 0 spiro atoms. The quantitative estimate of drug-likeness (QED) is 0.814. The lowest BCUT2D eigenvalue weighted by molar-refractivity contribution is 0.460. The fourth-order valence-electron chi connectivity index (χ4n) is 2.14. The maximum absolute atomic E-state index is 6.41. The summed E-state index contributed by atoms with van der Waals surface area (Å²) in [5, 5.41) is 8.68. The summed E-state index contributed by atoms with van der Waals surface area (Å²) in [7, 11) is 2.00. The van der Waals surface area contributed by atoms with Crippen molar-refractivity contribution < 1.29 is 0 Å². The van der Waals surface area contributed by atoms with Gasteiger partial charge in [0.05, 0.1) is 16.4 Å². The Morgan fingerprint density at radius 1 is 1.35 bits per heavy atom. The van der Waals surface area contributed by atoms with E-state index in [4.69, 9.17) is 11.6 Å². The van der Waals surface area contributed by atoms with Crippen molar-refractivity contribution in [2.75, 3.05) is 13.6 Å². The Hall–Kier alpha value is -0.540. The third-order valence-corrected chi connectivity index (χ3v) is 3.68. The number of nitrogens with one attached hydrogen (secondary N) is 1. The molecule has 4 heteroatoms. The molecule has 0 saturated carbocycles. The zero-order valence-corrected chi connectivity index (χ0v) is 12.1. The lowest BCUT2D eigenvalue weighted by Crippen LogP contribution is -2.21. The fraction of sp³-hybridized carbons (Fsp3) is 0.769. The number of nitrogens with zero attached hydrogens (tertiary/aromatic N) is 2. The molecule has 1 N–H and O–H groups in total. The van der Waals surface area contributed by atoms with Crippen molar-refractivity contribution >= 4 is 11.6 Å². The highest BCUT2D eigenvalue weighted by Crippen LogP contribution is 2.24. The molecule has 0 aliphatic heterocycles. The second-order valence-corrected chi connectivity index (χ2v) is 4.79. The Kier molecular flexibility index (Phi) is 6.00. The minimum Gasteiger partial charge on any atom is -0.319 e. The molecule has 1 unspecified atom stereocenters. The molecule has 17 heavy (non-hydrogen) atoms. The van der Waals surface area contributed by atoms with Gasteiger partial charge in [-0.25, -0.2) is 0 Å². The topological polar surface area (TPSA) is 29.9 Å². The molecule has 0 aliphatic carbocycles.